The summed E-state index contributed by atoms with van der Waals surface area (Å²) in [6, 6.07) is 5.80. The van der Waals surface area contributed by atoms with Gasteiger partial charge in [0.1, 0.15) is 5.82 Å². The van der Waals surface area contributed by atoms with Crippen LogP contribution in [0.1, 0.15) is 30.0 Å². The number of aliphatic hydroxyl groups is 1. The van der Waals surface area contributed by atoms with E-state index in [0.29, 0.717) is 12.1 Å². The molecule has 1 aromatic heterocycles. The quantitative estimate of drug-likeness (QED) is 0.883. The van der Waals surface area contributed by atoms with Crippen molar-refractivity contribution in [1.29, 1.82) is 0 Å². The molecular formula is C16H22N4O2. The van der Waals surface area contributed by atoms with Gasteiger partial charge in [-0.3, -0.25) is 9.69 Å². The first-order valence-electron chi connectivity index (χ1n) is 7.71. The fraction of sp³-hybridized carbons (Fsp3) is 0.500. The van der Waals surface area contributed by atoms with Crippen LogP contribution in [0.5, 0.6) is 0 Å². The summed E-state index contributed by atoms with van der Waals surface area (Å²) >= 11 is 0. The maximum atomic E-state index is 12.1. The highest BCUT2D eigenvalue weighted by Crippen LogP contribution is 2.22. The lowest BCUT2D eigenvalue weighted by atomic mass is 10.1. The second-order valence-electron chi connectivity index (χ2n) is 6.01. The second kappa shape index (κ2) is 6.06. The van der Waals surface area contributed by atoms with Gasteiger partial charge in [-0.1, -0.05) is 0 Å². The number of β-amino-alcohol motifs (C(OH)–C–C–N with tert-alkyl or cyclic N) is 1. The Bertz CT molecular complexity index is 693. The number of rotatable bonds is 4. The molecule has 6 nitrogen and oxygen atoms in total. The fourth-order valence-electron chi connectivity index (χ4n) is 2.89. The zero-order chi connectivity index (χ0) is 15.7. The highest BCUT2D eigenvalue weighted by Gasteiger charge is 2.20. The zero-order valence-corrected chi connectivity index (χ0v) is 13.0. The molecule has 0 spiro atoms. The SMILES string of the molecule is CC(C)NC(=O)c1ccc2c(c1)nc1n2CCN(CCO)C1. The number of hydrogen-bond donors (Lipinski definition) is 2. The molecule has 1 aromatic carbocycles. The number of nitrogens with one attached hydrogen (secondary N) is 1. The van der Waals surface area contributed by atoms with E-state index in [1.54, 1.807) is 0 Å². The highest BCUT2D eigenvalue weighted by molar-refractivity contribution is 5.97. The summed E-state index contributed by atoms with van der Waals surface area (Å²) in [5.41, 5.74) is 2.57. The van der Waals surface area contributed by atoms with Gasteiger partial charge in [0.05, 0.1) is 24.2 Å². The Morgan fingerprint density at radius 1 is 1.41 bits per heavy atom. The number of hydrogen-bond acceptors (Lipinski definition) is 4. The molecule has 1 aliphatic rings. The van der Waals surface area contributed by atoms with Gasteiger partial charge in [0.25, 0.3) is 5.91 Å². The standard InChI is InChI=1S/C16H22N4O2/c1-11(2)17-16(22)12-3-4-14-13(9-12)18-15-10-19(7-8-21)5-6-20(14)15/h3-4,9,11,21H,5-8,10H2,1-2H3,(H,17,22). The van der Waals surface area contributed by atoms with Gasteiger partial charge in [0.15, 0.2) is 0 Å². The topological polar surface area (TPSA) is 70.4 Å². The first-order valence-corrected chi connectivity index (χ1v) is 7.71. The Hall–Kier alpha value is -1.92. The number of carbonyl (C=O) groups is 1. The van der Waals surface area contributed by atoms with Crippen molar-refractivity contribution >= 4 is 16.9 Å². The molecule has 1 aliphatic heterocycles. The molecule has 0 saturated heterocycles. The highest BCUT2D eigenvalue weighted by atomic mass is 16.3. The van der Waals surface area contributed by atoms with Gasteiger partial charge in [-0.2, -0.15) is 0 Å². The first kappa shape index (κ1) is 15.0. The summed E-state index contributed by atoms with van der Waals surface area (Å²) in [4.78, 5) is 19.0. The Morgan fingerprint density at radius 3 is 2.95 bits per heavy atom. The number of aliphatic hydroxyl groups excluding tert-OH is 1. The van der Waals surface area contributed by atoms with Crippen LogP contribution in [-0.4, -0.2) is 51.2 Å². The van der Waals surface area contributed by atoms with Gasteiger partial charge < -0.3 is 15.0 Å². The third-order valence-corrected chi connectivity index (χ3v) is 3.93. The summed E-state index contributed by atoms with van der Waals surface area (Å²) in [5.74, 6) is 0.931. The van der Waals surface area contributed by atoms with Crippen LogP contribution in [0.2, 0.25) is 0 Å². The van der Waals surface area contributed by atoms with Gasteiger partial charge in [-0.25, -0.2) is 4.98 Å². The second-order valence-corrected chi connectivity index (χ2v) is 6.01. The number of aromatic nitrogens is 2. The third-order valence-electron chi connectivity index (χ3n) is 3.93. The van der Waals surface area contributed by atoms with E-state index in [-0.39, 0.29) is 18.6 Å². The van der Waals surface area contributed by atoms with Crippen molar-refractivity contribution in [2.75, 3.05) is 19.7 Å². The number of amides is 1. The summed E-state index contributed by atoms with van der Waals surface area (Å²) in [6.45, 7) is 7.24. The van der Waals surface area contributed by atoms with E-state index in [1.165, 1.54) is 0 Å². The molecule has 0 radical (unpaired) electrons. The van der Waals surface area contributed by atoms with Crippen molar-refractivity contribution in [3.8, 4) is 0 Å². The van der Waals surface area contributed by atoms with Crippen molar-refractivity contribution in [1.82, 2.24) is 19.8 Å². The molecule has 2 heterocycles. The van der Waals surface area contributed by atoms with Gasteiger partial charge in [0.2, 0.25) is 0 Å². The van der Waals surface area contributed by atoms with Crippen LogP contribution >= 0.6 is 0 Å². The summed E-state index contributed by atoms with van der Waals surface area (Å²) in [7, 11) is 0. The normalized spacial score (nSPS) is 15.3. The van der Waals surface area contributed by atoms with Crippen LogP contribution in [0.25, 0.3) is 11.0 Å². The maximum Gasteiger partial charge on any atom is 0.251 e. The van der Waals surface area contributed by atoms with Crippen LogP contribution in [0.15, 0.2) is 18.2 Å². The van der Waals surface area contributed by atoms with Crippen molar-refractivity contribution in [2.45, 2.75) is 33.0 Å². The molecule has 3 rings (SSSR count). The molecule has 0 fully saturated rings. The molecule has 0 saturated carbocycles. The van der Waals surface area contributed by atoms with E-state index in [9.17, 15) is 4.79 Å². The lowest BCUT2D eigenvalue weighted by Gasteiger charge is -2.26. The van der Waals surface area contributed by atoms with Crippen molar-refractivity contribution < 1.29 is 9.90 Å². The van der Waals surface area contributed by atoms with Gasteiger partial charge >= 0.3 is 0 Å². The number of fused-ring (bicyclic) bond motifs is 3. The fourth-order valence-corrected chi connectivity index (χ4v) is 2.89. The van der Waals surface area contributed by atoms with Crippen molar-refractivity contribution in [2.24, 2.45) is 0 Å². The summed E-state index contributed by atoms with van der Waals surface area (Å²) < 4.78 is 2.20. The number of carbonyl (C=O) groups excluding carboxylic acids is 1. The lowest BCUT2D eigenvalue weighted by molar-refractivity contribution is 0.0943. The molecule has 2 N–H and O–H groups in total. The Kier molecular flexibility index (Phi) is 4.13. The minimum absolute atomic E-state index is 0.0650. The first-order chi connectivity index (χ1) is 10.6. The summed E-state index contributed by atoms with van der Waals surface area (Å²) in [5, 5.41) is 12.0. The zero-order valence-electron chi connectivity index (χ0n) is 13.0. The van der Waals surface area contributed by atoms with Crippen LogP contribution in [0.3, 0.4) is 0 Å². The average molecular weight is 302 g/mol. The molecule has 22 heavy (non-hydrogen) atoms. The minimum Gasteiger partial charge on any atom is -0.395 e. The molecule has 0 bridgehead atoms. The monoisotopic (exact) mass is 302 g/mol. The minimum atomic E-state index is -0.0650. The molecule has 0 aliphatic carbocycles. The van der Waals surface area contributed by atoms with E-state index in [2.05, 4.69) is 19.8 Å². The predicted octanol–water partition coefficient (Wildman–Crippen LogP) is 0.982. The van der Waals surface area contributed by atoms with E-state index < -0.39 is 0 Å². The van der Waals surface area contributed by atoms with Crippen LogP contribution in [0, 0.1) is 0 Å². The summed E-state index contributed by atoms with van der Waals surface area (Å²) in [6.07, 6.45) is 0. The van der Waals surface area contributed by atoms with Crippen molar-refractivity contribution in [3.63, 3.8) is 0 Å². The van der Waals surface area contributed by atoms with E-state index >= 15 is 0 Å². The third kappa shape index (κ3) is 2.84. The predicted molar refractivity (Wildman–Crippen MR) is 84.7 cm³/mol. The lowest BCUT2D eigenvalue weighted by Crippen LogP contribution is -2.35. The number of benzene rings is 1. The number of nitrogens with zero attached hydrogens (tertiary/aromatic N) is 3. The Morgan fingerprint density at radius 2 is 2.23 bits per heavy atom. The van der Waals surface area contributed by atoms with Crippen LogP contribution in [0.4, 0.5) is 0 Å². The molecular weight excluding hydrogens is 280 g/mol. The van der Waals surface area contributed by atoms with Gasteiger partial charge in [0, 0.05) is 31.2 Å². The average Bonchev–Trinajstić information content (AvgIpc) is 2.83. The molecule has 2 aromatic rings. The Labute approximate surface area is 129 Å². The van der Waals surface area contributed by atoms with Crippen LogP contribution < -0.4 is 5.32 Å². The molecule has 118 valence electrons. The van der Waals surface area contributed by atoms with Crippen molar-refractivity contribution in [3.05, 3.63) is 29.6 Å². The van der Waals surface area contributed by atoms with E-state index in [4.69, 9.17) is 5.11 Å². The van der Waals surface area contributed by atoms with E-state index in [1.807, 2.05) is 32.0 Å². The molecule has 1 amide bonds. The maximum absolute atomic E-state index is 12.1. The van der Waals surface area contributed by atoms with Gasteiger partial charge in [-0.15, -0.1) is 0 Å². The molecule has 6 heteroatoms. The Balaban J connectivity index is 1.90. The van der Waals surface area contributed by atoms with E-state index in [0.717, 1.165) is 36.5 Å². The van der Waals surface area contributed by atoms with Gasteiger partial charge in [-0.05, 0) is 32.0 Å². The molecule has 0 unspecified atom stereocenters. The largest absolute Gasteiger partial charge is 0.395 e. The number of imidazole rings is 1. The van der Waals surface area contributed by atoms with Crippen LogP contribution in [-0.2, 0) is 13.1 Å². The molecule has 0 atom stereocenters. The smallest absolute Gasteiger partial charge is 0.251 e.